The summed E-state index contributed by atoms with van der Waals surface area (Å²) < 4.78 is 7.22. The number of carbonyl (C=O) groups is 3. The molecule has 3 amide bonds. The molecular formula is C26H25N3O5S2. The summed E-state index contributed by atoms with van der Waals surface area (Å²) in [6, 6.07) is 10.8. The van der Waals surface area contributed by atoms with E-state index in [2.05, 4.69) is 0 Å². The van der Waals surface area contributed by atoms with E-state index >= 15 is 0 Å². The number of aromatic nitrogens is 1. The summed E-state index contributed by atoms with van der Waals surface area (Å²) in [4.78, 5) is 57.0. The maximum atomic E-state index is 13.7. The van der Waals surface area contributed by atoms with E-state index in [9.17, 15) is 19.2 Å². The van der Waals surface area contributed by atoms with Crippen LogP contribution in [0.3, 0.4) is 0 Å². The van der Waals surface area contributed by atoms with Gasteiger partial charge in [0.25, 0.3) is 0 Å². The molecule has 0 saturated carbocycles. The van der Waals surface area contributed by atoms with Gasteiger partial charge in [0.05, 0.1) is 33.7 Å². The molecule has 1 aromatic carbocycles. The van der Waals surface area contributed by atoms with Gasteiger partial charge in [-0.2, -0.15) is 0 Å². The van der Waals surface area contributed by atoms with E-state index in [1.807, 2.05) is 24.0 Å². The highest BCUT2D eigenvalue weighted by atomic mass is 32.2. The van der Waals surface area contributed by atoms with Crippen molar-refractivity contribution >= 4 is 46.5 Å². The Bertz CT molecular complexity index is 1390. The molecule has 2 saturated heterocycles. The number of rotatable bonds is 4. The quantitative estimate of drug-likeness (QED) is 0.485. The molecule has 3 aromatic rings. The highest BCUT2D eigenvalue weighted by molar-refractivity contribution is 8.00. The van der Waals surface area contributed by atoms with E-state index in [1.165, 1.54) is 27.5 Å². The Hall–Kier alpha value is -3.11. The van der Waals surface area contributed by atoms with Crippen LogP contribution in [0.1, 0.15) is 41.4 Å². The molecule has 3 aliphatic heterocycles. The van der Waals surface area contributed by atoms with Gasteiger partial charge in [0, 0.05) is 13.1 Å². The predicted molar refractivity (Wildman–Crippen MR) is 136 cm³/mol. The van der Waals surface area contributed by atoms with Crippen molar-refractivity contribution in [3.63, 3.8) is 0 Å². The lowest BCUT2D eigenvalue weighted by Gasteiger charge is -2.30. The Morgan fingerprint density at radius 3 is 2.47 bits per heavy atom. The molecular weight excluding hydrogens is 498 g/mol. The van der Waals surface area contributed by atoms with Crippen LogP contribution in [0.5, 0.6) is 0 Å². The van der Waals surface area contributed by atoms with Crippen LogP contribution < -0.4 is 9.77 Å². The Kier molecular flexibility index (Phi) is 5.88. The Balaban J connectivity index is 1.41. The van der Waals surface area contributed by atoms with Crippen LogP contribution in [0.25, 0.3) is 0 Å². The molecule has 0 N–H and O–H groups in total. The first kappa shape index (κ1) is 23.3. The van der Waals surface area contributed by atoms with Crippen LogP contribution in [-0.4, -0.2) is 45.5 Å². The molecule has 0 radical (unpaired) electrons. The zero-order chi connectivity index (χ0) is 25.0. The second kappa shape index (κ2) is 9.08. The van der Waals surface area contributed by atoms with Gasteiger partial charge in [0.1, 0.15) is 17.6 Å². The summed E-state index contributed by atoms with van der Waals surface area (Å²) >= 11 is 2.26. The van der Waals surface area contributed by atoms with Gasteiger partial charge in [-0.15, -0.1) is 0 Å². The van der Waals surface area contributed by atoms with Gasteiger partial charge in [-0.25, -0.2) is 4.90 Å². The Labute approximate surface area is 215 Å². The molecule has 36 heavy (non-hydrogen) atoms. The highest BCUT2D eigenvalue weighted by Gasteiger charge is 2.57. The average Bonchev–Trinajstić information content (AvgIpc) is 3.58. The SMILES string of the molecule is Cc1ccc(N2C(=O)C3Sc4c(sc(=O)n4CC(=O)N4CCCCC4)C(c4ccco4)C3C2=O)cc1. The number of aryl methyl sites for hydroxylation is 1. The second-order valence-corrected chi connectivity index (χ2v) is 11.6. The van der Waals surface area contributed by atoms with Crippen LogP contribution in [0.15, 0.2) is 56.9 Å². The minimum atomic E-state index is -0.716. The van der Waals surface area contributed by atoms with Gasteiger partial charge >= 0.3 is 4.87 Å². The third kappa shape index (κ3) is 3.74. The summed E-state index contributed by atoms with van der Waals surface area (Å²) in [5.41, 5.74) is 1.56. The lowest BCUT2D eigenvalue weighted by atomic mass is 9.87. The van der Waals surface area contributed by atoms with Gasteiger partial charge < -0.3 is 9.32 Å². The van der Waals surface area contributed by atoms with Crippen molar-refractivity contribution in [2.45, 2.75) is 48.9 Å². The number of piperidine rings is 1. The van der Waals surface area contributed by atoms with Gasteiger partial charge in [-0.3, -0.25) is 23.7 Å². The van der Waals surface area contributed by atoms with Crippen molar-refractivity contribution in [1.82, 2.24) is 9.47 Å². The fourth-order valence-electron chi connectivity index (χ4n) is 5.36. The number of hydrogen-bond donors (Lipinski definition) is 0. The maximum Gasteiger partial charge on any atom is 0.308 e. The Morgan fingerprint density at radius 2 is 1.78 bits per heavy atom. The van der Waals surface area contributed by atoms with Crippen LogP contribution in [-0.2, 0) is 20.9 Å². The van der Waals surface area contributed by atoms with Crippen LogP contribution in [0.4, 0.5) is 5.69 Å². The number of carbonyl (C=O) groups excluding carboxylic acids is 3. The van der Waals surface area contributed by atoms with Gasteiger partial charge in [-0.05, 0) is 50.5 Å². The molecule has 3 unspecified atom stereocenters. The third-order valence-corrected chi connectivity index (χ3v) is 9.80. The summed E-state index contributed by atoms with van der Waals surface area (Å²) in [6.45, 7) is 3.28. The van der Waals surface area contributed by atoms with Crippen molar-refractivity contribution in [3.05, 3.63) is 68.5 Å². The molecule has 186 valence electrons. The van der Waals surface area contributed by atoms with Crippen molar-refractivity contribution in [3.8, 4) is 0 Å². The third-order valence-electron chi connectivity index (χ3n) is 7.19. The van der Waals surface area contributed by atoms with Crippen molar-refractivity contribution in [1.29, 1.82) is 0 Å². The van der Waals surface area contributed by atoms with Gasteiger partial charge in [0.2, 0.25) is 17.7 Å². The molecule has 5 heterocycles. The maximum absolute atomic E-state index is 13.7. The van der Waals surface area contributed by atoms with Crippen LogP contribution in [0, 0.1) is 12.8 Å². The molecule has 0 spiro atoms. The number of imide groups is 1. The van der Waals surface area contributed by atoms with E-state index in [-0.39, 0.29) is 29.1 Å². The largest absolute Gasteiger partial charge is 0.469 e. The van der Waals surface area contributed by atoms with Gasteiger partial charge in [0.15, 0.2) is 0 Å². The predicted octanol–water partition coefficient (Wildman–Crippen LogP) is 3.62. The zero-order valence-electron chi connectivity index (χ0n) is 19.7. The monoisotopic (exact) mass is 523 g/mol. The van der Waals surface area contributed by atoms with E-state index in [4.69, 9.17) is 4.42 Å². The van der Waals surface area contributed by atoms with E-state index in [0.717, 1.165) is 36.2 Å². The topological polar surface area (TPSA) is 92.8 Å². The lowest BCUT2D eigenvalue weighted by Crippen LogP contribution is -2.39. The molecule has 2 fully saturated rings. The summed E-state index contributed by atoms with van der Waals surface area (Å²) in [5, 5.41) is -0.128. The molecule has 2 aromatic heterocycles. The number of hydrogen-bond acceptors (Lipinski definition) is 7. The van der Waals surface area contributed by atoms with Crippen molar-refractivity contribution < 1.29 is 18.8 Å². The van der Waals surface area contributed by atoms with Crippen LogP contribution >= 0.6 is 23.1 Å². The second-order valence-electron chi connectivity index (χ2n) is 9.47. The fraction of sp³-hybridized carbons (Fsp3) is 0.385. The van der Waals surface area contributed by atoms with E-state index in [1.54, 1.807) is 24.3 Å². The van der Waals surface area contributed by atoms with E-state index in [0.29, 0.717) is 34.4 Å². The molecule has 10 heteroatoms. The molecule has 0 bridgehead atoms. The minimum absolute atomic E-state index is 0.0657. The van der Waals surface area contributed by atoms with E-state index < -0.39 is 17.1 Å². The zero-order valence-corrected chi connectivity index (χ0v) is 21.3. The number of likely N-dealkylation sites (tertiary alicyclic amines) is 1. The van der Waals surface area contributed by atoms with Crippen molar-refractivity contribution in [2.75, 3.05) is 18.0 Å². The first-order valence-corrected chi connectivity index (χ1v) is 13.8. The molecule has 3 atom stereocenters. The number of fused-ring (bicyclic) bond motifs is 2. The average molecular weight is 524 g/mol. The number of thioether (sulfide) groups is 1. The van der Waals surface area contributed by atoms with Gasteiger partial charge in [-0.1, -0.05) is 40.8 Å². The number of anilines is 1. The highest BCUT2D eigenvalue weighted by Crippen LogP contribution is 2.53. The smallest absolute Gasteiger partial charge is 0.308 e. The first-order valence-electron chi connectivity index (χ1n) is 12.1. The summed E-state index contributed by atoms with van der Waals surface area (Å²) in [7, 11) is 0. The number of nitrogens with zero attached hydrogens (tertiary/aromatic N) is 3. The first-order chi connectivity index (χ1) is 17.4. The number of benzene rings is 1. The van der Waals surface area contributed by atoms with Crippen molar-refractivity contribution in [2.24, 2.45) is 5.92 Å². The Morgan fingerprint density at radius 1 is 1.03 bits per heavy atom. The molecule has 6 rings (SSSR count). The number of furan rings is 1. The molecule has 3 aliphatic rings. The summed E-state index contributed by atoms with van der Waals surface area (Å²) in [6.07, 6.45) is 4.57. The number of amides is 3. The lowest BCUT2D eigenvalue weighted by molar-refractivity contribution is -0.133. The standard InChI is InChI=1S/C26H25N3O5S2/c1-15-7-9-16(10-8-15)29-23(31)20-19(17-6-5-13-34-17)22-25(35-21(20)24(29)32)28(26(33)36-22)14-18(30)27-11-3-2-4-12-27/h5-10,13,19-21H,2-4,11-12,14H2,1H3. The summed E-state index contributed by atoms with van der Waals surface area (Å²) in [5.74, 6) is -1.44. The normalized spacial score (nSPS) is 23.6. The fourth-order valence-corrected chi connectivity index (χ4v) is 8.11. The molecule has 0 aliphatic carbocycles. The number of thiazole rings is 1. The molecule has 8 nitrogen and oxygen atoms in total. The minimum Gasteiger partial charge on any atom is -0.469 e. The van der Waals surface area contributed by atoms with Crippen LogP contribution in [0.2, 0.25) is 0 Å².